The van der Waals surface area contributed by atoms with Crippen LogP contribution in [0.2, 0.25) is 0 Å². The zero-order valence-corrected chi connectivity index (χ0v) is 10.2. The maximum Gasteiger partial charge on any atom is -0.00178 e. The van der Waals surface area contributed by atoms with Crippen molar-refractivity contribution in [2.75, 3.05) is 0 Å². The first-order valence-electron chi connectivity index (χ1n) is 5.14. The van der Waals surface area contributed by atoms with Crippen LogP contribution < -0.4 is 0 Å². The van der Waals surface area contributed by atoms with E-state index < -0.39 is 0 Å². The van der Waals surface area contributed by atoms with Gasteiger partial charge in [-0.05, 0) is 56.1 Å². The minimum Gasteiger partial charge on any atom is -0.152 e. The van der Waals surface area contributed by atoms with Crippen molar-refractivity contribution < 1.29 is 0 Å². The molecule has 76 valence electrons. The summed E-state index contributed by atoms with van der Waals surface area (Å²) in [7, 11) is 0. The quantitative estimate of drug-likeness (QED) is 0.620. The van der Waals surface area contributed by atoms with E-state index in [0.29, 0.717) is 5.92 Å². The number of hydrogen-bond acceptors (Lipinski definition) is 2. The summed E-state index contributed by atoms with van der Waals surface area (Å²) in [5.74, 6) is 0.643. The summed E-state index contributed by atoms with van der Waals surface area (Å²) in [5.41, 5.74) is 5.82. The van der Waals surface area contributed by atoms with Gasteiger partial charge in [-0.2, -0.15) is 22.7 Å². The third kappa shape index (κ3) is 1.58. The molecular formula is C13H12S2. The summed E-state index contributed by atoms with van der Waals surface area (Å²) in [6.07, 6.45) is 5.68. The molecule has 1 aliphatic rings. The van der Waals surface area contributed by atoms with Crippen LogP contribution in [0.1, 0.15) is 35.1 Å². The van der Waals surface area contributed by atoms with Gasteiger partial charge in [0.15, 0.2) is 0 Å². The molecule has 0 radical (unpaired) electrons. The first kappa shape index (κ1) is 9.37. The van der Waals surface area contributed by atoms with Crippen LogP contribution in [-0.4, -0.2) is 0 Å². The molecule has 3 rings (SSSR count). The van der Waals surface area contributed by atoms with Gasteiger partial charge in [-0.3, -0.25) is 0 Å². The van der Waals surface area contributed by atoms with Crippen molar-refractivity contribution in [3.8, 4) is 0 Å². The molecule has 0 nitrogen and oxygen atoms in total. The molecule has 2 heterocycles. The van der Waals surface area contributed by atoms with Crippen molar-refractivity contribution in [3.63, 3.8) is 0 Å². The Hall–Kier alpha value is -0.860. The Morgan fingerprint density at radius 1 is 1.00 bits per heavy atom. The van der Waals surface area contributed by atoms with Gasteiger partial charge in [-0.15, -0.1) is 0 Å². The third-order valence-electron chi connectivity index (χ3n) is 3.00. The van der Waals surface area contributed by atoms with Gasteiger partial charge >= 0.3 is 0 Å². The van der Waals surface area contributed by atoms with E-state index in [1.807, 2.05) is 22.7 Å². The Balaban J connectivity index is 2.14. The molecule has 0 N–H and O–H groups in total. The molecule has 0 saturated heterocycles. The lowest BCUT2D eigenvalue weighted by molar-refractivity contribution is 0.761. The number of rotatable bonds is 0. The Labute approximate surface area is 97.9 Å². The Morgan fingerprint density at radius 3 is 2.67 bits per heavy atom. The molecule has 15 heavy (non-hydrogen) atoms. The average Bonchev–Trinajstić information content (AvgIpc) is 2.81. The highest BCUT2D eigenvalue weighted by atomic mass is 32.1. The average molecular weight is 232 g/mol. The molecule has 0 fully saturated rings. The molecule has 0 aliphatic heterocycles. The maximum atomic E-state index is 2.33. The van der Waals surface area contributed by atoms with Crippen molar-refractivity contribution in [1.82, 2.24) is 0 Å². The topological polar surface area (TPSA) is 0 Å². The van der Waals surface area contributed by atoms with Gasteiger partial charge < -0.3 is 0 Å². The van der Waals surface area contributed by atoms with Crippen LogP contribution >= 0.6 is 22.7 Å². The van der Waals surface area contributed by atoms with Crippen LogP contribution in [0.4, 0.5) is 0 Å². The monoisotopic (exact) mass is 232 g/mol. The lowest BCUT2D eigenvalue weighted by Gasteiger charge is -2.13. The maximum absolute atomic E-state index is 2.33. The van der Waals surface area contributed by atoms with Gasteiger partial charge in [0.1, 0.15) is 0 Å². The molecule has 1 aliphatic carbocycles. The standard InChI is InChI=1S/C13H12S2/c1-9-4-12-7-14-5-10(12)2-3-11-6-15-8-13(9)11/h2-3,5-9H,4H2,1H3/b3-2-. The highest BCUT2D eigenvalue weighted by Gasteiger charge is 2.15. The fourth-order valence-corrected chi connectivity index (χ4v) is 3.90. The van der Waals surface area contributed by atoms with E-state index >= 15 is 0 Å². The minimum absolute atomic E-state index is 0.643. The Kier molecular flexibility index (Phi) is 2.26. The summed E-state index contributed by atoms with van der Waals surface area (Å²) < 4.78 is 0. The summed E-state index contributed by atoms with van der Waals surface area (Å²) in [5, 5.41) is 9.07. The molecule has 2 aromatic heterocycles. The van der Waals surface area contributed by atoms with Gasteiger partial charge in [-0.1, -0.05) is 19.1 Å². The molecule has 1 atom stereocenters. The van der Waals surface area contributed by atoms with E-state index in [0.717, 1.165) is 0 Å². The molecule has 0 amide bonds. The van der Waals surface area contributed by atoms with Crippen LogP contribution in [0.25, 0.3) is 12.2 Å². The lowest BCUT2D eigenvalue weighted by Crippen LogP contribution is -2.00. The van der Waals surface area contributed by atoms with E-state index in [4.69, 9.17) is 0 Å². The summed E-state index contributed by atoms with van der Waals surface area (Å²) in [6, 6.07) is 0. The SMILES string of the molecule is CC1Cc2cscc2/C=C\c2cscc21. The van der Waals surface area contributed by atoms with Gasteiger partial charge in [0.25, 0.3) is 0 Å². The third-order valence-corrected chi connectivity index (χ3v) is 4.59. The summed E-state index contributed by atoms with van der Waals surface area (Å²) in [4.78, 5) is 0. The highest BCUT2D eigenvalue weighted by molar-refractivity contribution is 7.08. The van der Waals surface area contributed by atoms with Gasteiger partial charge in [0, 0.05) is 0 Å². The van der Waals surface area contributed by atoms with Crippen LogP contribution in [0.3, 0.4) is 0 Å². The molecule has 0 saturated carbocycles. The first-order valence-corrected chi connectivity index (χ1v) is 7.02. The molecule has 2 aromatic rings. The largest absolute Gasteiger partial charge is 0.152 e. The number of thiophene rings is 2. The fraction of sp³-hybridized carbons (Fsp3) is 0.231. The normalized spacial score (nSPS) is 21.3. The molecular weight excluding hydrogens is 220 g/mol. The van der Waals surface area contributed by atoms with Crippen LogP contribution in [0, 0.1) is 0 Å². The molecule has 1 unspecified atom stereocenters. The lowest BCUT2D eigenvalue weighted by atomic mass is 9.90. The fourth-order valence-electron chi connectivity index (χ4n) is 2.12. The van der Waals surface area contributed by atoms with Crippen molar-refractivity contribution in [1.29, 1.82) is 0 Å². The molecule has 0 bridgehead atoms. The first-order chi connectivity index (χ1) is 7.34. The van der Waals surface area contributed by atoms with Crippen LogP contribution in [0.5, 0.6) is 0 Å². The van der Waals surface area contributed by atoms with Crippen molar-refractivity contribution in [2.45, 2.75) is 19.3 Å². The minimum atomic E-state index is 0.643. The highest BCUT2D eigenvalue weighted by Crippen LogP contribution is 2.33. The Bertz CT molecular complexity index is 502. The summed E-state index contributed by atoms with van der Waals surface area (Å²) >= 11 is 3.62. The van der Waals surface area contributed by atoms with Crippen molar-refractivity contribution >= 4 is 34.8 Å². The van der Waals surface area contributed by atoms with Crippen LogP contribution in [0.15, 0.2) is 21.5 Å². The number of fused-ring (bicyclic) bond motifs is 2. The van der Waals surface area contributed by atoms with E-state index in [1.54, 1.807) is 0 Å². The van der Waals surface area contributed by atoms with E-state index in [9.17, 15) is 0 Å². The second-order valence-electron chi connectivity index (χ2n) is 4.07. The van der Waals surface area contributed by atoms with Crippen molar-refractivity contribution in [2.24, 2.45) is 0 Å². The smallest absolute Gasteiger partial charge is 0.00178 e. The Morgan fingerprint density at radius 2 is 1.73 bits per heavy atom. The second-order valence-corrected chi connectivity index (χ2v) is 5.56. The van der Waals surface area contributed by atoms with E-state index in [1.165, 1.54) is 28.7 Å². The zero-order valence-electron chi connectivity index (χ0n) is 8.57. The predicted octanol–water partition coefficient (Wildman–Crippen LogP) is 4.64. The van der Waals surface area contributed by atoms with Gasteiger partial charge in [0.05, 0.1) is 0 Å². The molecule has 0 aromatic carbocycles. The predicted molar refractivity (Wildman–Crippen MR) is 69.7 cm³/mol. The van der Waals surface area contributed by atoms with E-state index in [2.05, 4.69) is 40.6 Å². The molecule has 0 spiro atoms. The van der Waals surface area contributed by atoms with Gasteiger partial charge in [-0.25, -0.2) is 0 Å². The van der Waals surface area contributed by atoms with Gasteiger partial charge in [0.2, 0.25) is 0 Å². The van der Waals surface area contributed by atoms with E-state index in [-0.39, 0.29) is 0 Å². The zero-order chi connectivity index (χ0) is 10.3. The number of hydrogen-bond donors (Lipinski definition) is 0. The second kappa shape index (κ2) is 3.62. The van der Waals surface area contributed by atoms with Crippen molar-refractivity contribution in [3.05, 3.63) is 43.8 Å². The summed E-state index contributed by atoms with van der Waals surface area (Å²) in [6.45, 7) is 2.33. The molecule has 2 heteroatoms. The van der Waals surface area contributed by atoms with Crippen LogP contribution in [-0.2, 0) is 6.42 Å².